The first kappa shape index (κ1) is 18.2. The third-order valence-electron chi connectivity index (χ3n) is 3.13. The van der Waals surface area contributed by atoms with Gasteiger partial charge in [-0.2, -0.15) is 0 Å². The minimum atomic E-state index is -0.0732. The van der Waals surface area contributed by atoms with E-state index in [1.165, 1.54) is 11.3 Å². The largest absolute Gasteiger partial charge is 0.490 e. The number of hydrogen-bond donors (Lipinski definition) is 1. The van der Waals surface area contributed by atoms with Gasteiger partial charge in [-0.05, 0) is 31.9 Å². The molecule has 0 aliphatic carbocycles. The van der Waals surface area contributed by atoms with E-state index in [1.807, 2.05) is 31.2 Å². The Balaban J connectivity index is 1.71. The van der Waals surface area contributed by atoms with Crippen LogP contribution < -0.4 is 14.8 Å². The Kier molecular flexibility index (Phi) is 7.48. The van der Waals surface area contributed by atoms with Crippen LogP contribution in [0.5, 0.6) is 11.5 Å². The van der Waals surface area contributed by atoms with E-state index in [4.69, 9.17) is 9.47 Å². The van der Waals surface area contributed by atoms with E-state index in [-0.39, 0.29) is 5.91 Å². The van der Waals surface area contributed by atoms with E-state index in [2.05, 4.69) is 22.4 Å². The number of aryl methyl sites for hydroxylation is 1. The highest BCUT2D eigenvalue weighted by Gasteiger charge is 2.08. The van der Waals surface area contributed by atoms with Gasteiger partial charge >= 0.3 is 0 Å². The molecule has 1 N–H and O–H groups in total. The number of aromatic nitrogens is 2. The molecule has 0 unspecified atom stereocenters. The highest BCUT2D eigenvalue weighted by atomic mass is 32.1. The van der Waals surface area contributed by atoms with Gasteiger partial charge < -0.3 is 14.8 Å². The molecule has 0 saturated carbocycles. The summed E-state index contributed by atoms with van der Waals surface area (Å²) in [4.78, 5) is 11.9. The van der Waals surface area contributed by atoms with Crippen LogP contribution in [-0.4, -0.2) is 29.3 Å². The fraction of sp³-hybridized carbons (Fsp3) is 0.471. The topological polar surface area (TPSA) is 73.3 Å². The number of hydrogen-bond acceptors (Lipinski definition) is 6. The lowest BCUT2D eigenvalue weighted by atomic mass is 10.3. The summed E-state index contributed by atoms with van der Waals surface area (Å²) in [5, 5.41) is 12.3. The monoisotopic (exact) mass is 349 g/mol. The SMILES string of the molecule is CCCc1nnc(NC(=O)CCCOc2ccccc2OCC)s1. The van der Waals surface area contributed by atoms with Crippen LogP contribution in [0.1, 0.15) is 38.1 Å². The predicted octanol–water partition coefficient (Wildman–Crippen LogP) is 3.69. The minimum absolute atomic E-state index is 0.0732. The van der Waals surface area contributed by atoms with E-state index >= 15 is 0 Å². The first-order valence-electron chi connectivity index (χ1n) is 8.19. The molecule has 0 radical (unpaired) electrons. The van der Waals surface area contributed by atoms with Gasteiger partial charge in [0, 0.05) is 12.8 Å². The number of carbonyl (C=O) groups excluding carboxylic acids is 1. The Morgan fingerprint density at radius 2 is 1.92 bits per heavy atom. The quantitative estimate of drug-likeness (QED) is 0.662. The summed E-state index contributed by atoms with van der Waals surface area (Å²) in [5.41, 5.74) is 0. The summed E-state index contributed by atoms with van der Waals surface area (Å²) in [7, 11) is 0. The van der Waals surface area contributed by atoms with Crippen LogP contribution in [0.4, 0.5) is 5.13 Å². The van der Waals surface area contributed by atoms with Gasteiger partial charge in [0.2, 0.25) is 11.0 Å². The van der Waals surface area contributed by atoms with Crippen molar-refractivity contribution in [1.29, 1.82) is 0 Å². The van der Waals surface area contributed by atoms with Gasteiger partial charge in [0.1, 0.15) is 5.01 Å². The average molecular weight is 349 g/mol. The van der Waals surface area contributed by atoms with Crippen molar-refractivity contribution in [3.63, 3.8) is 0 Å². The number of benzene rings is 1. The smallest absolute Gasteiger partial charge is 0.226 e. The van der Waals surface area contributed by atoms with E-state index < -0.39 is 0 Å². The molecular weight excluding hydrogens is 326 g/mol. The Bertz CT molecular complexity index is 646. The highest BCUT2D eigenvalue weighted by Crippen LogP contribution is 2.26. The van der Waals surface area contributed by atoms with Crippen molar-refractivity contribution in [2.45, 2.75) is 39.5 Å². The molecule has 24 heavy (non-hydrogen) atoms. The molecule has 2 aromatic rings. The molecule has 0 spiro atoms. The van der Waals surface area contributed by atoms with Crippen LogP contribution in [0.3, 0.4) is 0 Å². The zero-order valence-corrected chi connectivity index (χ0v) is 14.9. The molecule has 0 aliphatic heterocycles. The Labute approximate surface area is 146 Å². The van der Waals surface area contributed by atoms with Gasteiger partial charge in [0.15, 0.2) is 11.5 Å². The Hall–Kier alpha value is -2.15. The molecule has 1 heterocycles. The van der Waals surface area contributed by atoms with E-state index in [0.717, 1.165) is 23.6 Å². The van der Waals surface area contributed by atoms with Crippen molar-refractivity contribution < 1.29 is 14.3 Å². The first-order chi connectivity index (χ1) is 11.7. The lowest BCUT2D eigenvalue weighted by Crippen LogP contribution is -2.12. The number of ether oxygens (including phenoxy) is 2. The molecule has 0 bridgehead atoms. The van der Waals surface area contributed by atoms with E-state index in [1.54, 1.807) is 0 Å². The van der Waals surface area contributed by atoms with Crippen molar-refractivity contribution >= 4 is 22.4 Å². The summed E-state index contributed by atoms with van der Waals surface area (Å²) < 4.78 is 11.2. The molecule has 0 fully saturated rings. The van der Waals surface area contributed by atoms with Crippen LogP contribution in [0.2, 0.25) is 0 Å². The van der Waals surface area contributed by atoms with Crippen molar-refractivity contribution in [3.8, 4) is 11.5 Å². The maximum Gasteiger partial charge on any atom is 0.226 e. The van der Waals surface area contributed by atoms with E-state index in [9.17, 15) is 4.79 Å². The summed E-state index contributed by atoms with van der Waals surface area (Å²) in [5.74, 6) is 1.35. The molecular formula is C17H23N3O3S. The molecule has 1 amide bonds. The zero-order chi connectivity index (χ0) is 17.2. The van der Waals surface area contributed by atoms with Gasteiger partial charge in [0.25, 0.3) is 0 Å². The molecule has 0 aliphatic rings. The number of anilines is 1. The first-order valence-corrected chi connectivity index (χ1v) is 9.01. The number of nitrogens with one attached hydrogen (secondary N) is 1. The standard InChI is InChI=1S/C17H23N3O3S/c1-3-8-16-19-20-17(24-16)18-15(21)11-7-12-23-14-10-6-5-9-13(14)22-4-2/h5-6,9-10H,3-4,7-8,11-12H2,1-2H3,(H,18,20,21). The van der Waals surface area contributed by atoms with Crippen molar-refractivity contribution in [2.24, 2.45) is 0 Å². The fourth-order valence-corrected chi connectivity index (χ4v) is 2.92. The van der Waals surface area contributed by atoms with Crippen LogP contribution in [0.25, 0.3) is 0 Å². The summed E-state index contributed by atoms with van der Waals surface area (Å²) in [6.07, 6.45) is 2.90. The normalized spacial score (nSPS) is 10.4. The second-order valence-electron chi connectivity index (χ2n) is 5.13. The number of rotatable bonds is 10. The summed E-state index contributed by atoms with van der Waals surface area (Å²) >= 11 is 1.43. The van der Waals surface area contributed by atoms with Crippen molar-refractivity contribution in [2.75, 3.05) is 18.5 Å². The maximum atomic E-state index is 11.9. The predicted molar refractivity (Wildman–Crippen MR) is 94.9 cm³/mol. The lowest BCUT2D eigenvalue weighted by molar-refractivity contribution is -0.116. The van der Waals surface area contributed by atoms with Crippen LogP contribution in [0.15, 0.2) is 24.3 Å². The summed E-state index contributed by atoms with van der Waals surface area (Å²) in [6.45, 7) is 5.06. The molecule has 130 valence electrons. The third-order valence-corrected chi connectivity index (χ3v) is 4.03. The third kappa shape index (κ3) is 5.81. The molecule has 7 heteroatoms. The van der Waals surface area contributed by atoms with Crippen molar-refractivity contribution in [1.82, 2.24) is 10.2 Å². The zero-order valence-electron chi connectivity index (χ0n) is 14.1. The maximum absolute atomic E-state index is 11.9. The summed E-state index contributed by atoms with van der Waals surface area (Å²) in [6, 6.07) is 7.53. The lowest BCUT2D eigenvalue weighted by Gasteiger charge is -2.11. The average Bonchev–Trinajstić information content (AvgIpc) is 3.00. The molecule has 0 saturated heterocycles. The molecule has 0 atom stereocenters. The van der Waals surface area contributed by atoms with Crippen molar-refractivity contribution in [3.05, 3.63) is 29.3 Å². The fourth-order valence-electron chi connectivity index (χ4n) is 2.06. The Morgan fingerprint density at radius 3 is 2.62 bits per heavy atom. The number of carbonyl (C=O) groups is 1. The number of para-hydroxylation sites is 2. The highest BCUT2D eigenvalue weighted by molar-refractivity contribution is 7.15. The van der Waals surface area contributed by atoms with Gasteiger partial charge in [-0.1, -0.05) is 30.4 Å². The van der Waals surface area contributed by atoms with E-state index in [0.29, 0.717) is 36.9 Å². The molecule has 2 rings (SSSR count). The van der Waals surface area contributed by atoms with Gasteiger partial charge in [-0.15, -0.1) is 10.2 Å². The number of nitrogens with zero attached hydrogens (tertiary/aromatic N) is 2. The number of amides is 1. The second-order valence-corrected chi connectivity index (χ2v) is 6.19. The second kappa shape index (κ2) is 9.87. The van der Waals surface area contributed by atoms with Gasteiger partial charge in [0.05, 0.1) is 13.2 Å². The molecule has 6 nitrogen and oxygen atoms in total. The van der Waals surface area contributed by atoms with Gasteiger partial charge in [-0.25, -0.2) is 0 Å². The van der Waals surface area contributed by atoms with Gasteiger partial charge in [-0.3, -0.25) is 4.79 Å². The molecule has 1 aromatic carbocycles. The van der Waals surface area contributed by atoms with Crippen LogP contribution >= 0.6 is 11.3 Å². The Morgan fingerprint density at radius 1 is 1.17 bits per heavy atom. The van der Waals surface area contributed by atoms with Crippen LogP contribution in [-0.2, 0) is 11.2 Å². The minimum Gasteiger partial charge on any atom is -0.490 e. The molecule has 1 aromatic heterocycles. The van der Waals surface area contributed by atoms with Crippen LogP contribution in [0, 0.1) is 0 Å².